The van der Waals surface area contributed by atoms with Gasteiger partial charge in [-0.25, -0.2) is 4.68 Å². The van der Waals surface area contributed by atoms with Gasteiger partial charge in [-0.05, 0) is 23.9 Å². The number of amides is 1. The molecule has 1 N–H and O–H groups in total. The fourth-order valence-electron chi connectivity index (χ4n) is 2.27. The normalized spacial score (nSPS) is 11.8. The first-order valence-electron chi connectivity index (χ1n) is 7.90. The van der Waals surface area contributed by atoms with Crippen molar-refractivity contribution in [2.75, 3.05) is 12.4 Å². The molecule has 16 heteroatoms. The molecule has 172 valence electrons. The van der Waals surface area contributed by atoms with Crippen molar-refractivity contribution in [3.63, 3.8) is 0 Å². The second kappa shape index (κ2) is 9.47. The smallest absolute Gasteiger partial charge is 0.446 e. The fraction of sp³-hybridized carbons (Fsp3) is 0.250. The van der Waals surface area contributed by atoms with E-state index in [1.165, 1.54) is 6.07 Å². The van der Waals surface area contributed by atoms with E-state index in [0.29, 0.717) is 16.8 Å². The number of esters is 1. The number of aromatic nitrogens is 2. The first kappa shape index (κ1) is 25.6. The fourth-order valence-corrected chi connectivity index (χ4v) is 3.57. The van der Waals surface area contributed by atoms with E-state index in [0.717, 1.165) is 7.11 Å². The third kappa shape index (κ3) is 5.99. The van der Waals surface area contributed by atoms with Crippen molar-refractivity contribution in [1.29, 1.82) is 5.26 Å². The first-order chi connectivity index (χ1) is 14.7. The number of hydrogen-bond acceptors (Lipinski definition) is 6. The number of methoxy groups -OCH3 is 1. The maximum absolute atomic E-state index is 13.0. The van der Waals surface area contributed by atoms with Crippen molar-refractivity contribution < 1.29 is 40.7 Å². The largest absolute Gasteiger partial charge is 0.469 e. The number of hydrogen-bond donors (Lipinski definition) is 1. The molecule has 0 spiro atoms. The highest BCUT2D eigenvalue weighted by molar-refractivity contribution is 8.00. The molecule has 0 saturated carbocycles. The van der Waals surface area contributed by atoms with Gasteiger partial charge in [0.05, 0.1) is 27.6 Å². The van der Waals surface area contributed by atoms with Gasteiger partial charge in [0.25, 0.3) is 0 Å². The van der Waals surface area contributed by atoms with Gasteiger partial charge >= 0.3 is 17.7 Å². The first-order valence-corrected chi connectivity index (χ1v) is 9.47. The quantitative estimate of drug-likeness (QED) is 0.252. The van der Waals surface area contributed by atoms with Gasteiger partial charge in [-0.3, -0.25) is 9.59 Å². The maximum Gasteiger partial charge on any atom is 0.446 e. The number of alkyl halides is 6. The molecule has 2 aromatic rings. The van der Waals surface area contributed by atoms with Gasteiger partial charge in [0.2, 0.25) is 5.91 Å². The summed E-state index contributed by atoms with van der Waals surface area (Å²) in [5.41, 5.74) is -7.59. The Morgan fingerprint density at radius 2 is 1.78 bits per heavy atom. The number of nitrogens with one attached hydrogen (secondary N) is 1. The summed E-state index contributed by atoms with van der Waals surface area (Å²) in [7, 11) is 0.959. The number of anilines is 1. The Bertz CT molecular complexity index is 1090. The van der Waals surface area contributed by atoms with Gasteiger partial charge in [-0.2, -0.15) is 36.7 Å². The van der Waals surface area contributed by atoms with Crippen molar-refractivity contribution in [1.82, 2.24) is 9.78 Å². The van der Waals surface area contributed by atoms with Crippen molar-refractivity contribution in [3.8, 4) is 11.8 Å². The second-order valence-corrected chi connectivity index (χ2v) is 7.57. The van der Waals surface area contributed by atoms with Crippen LogP contribution >= 0.6 is 35.0 Å². The van der Waals surface area contributed by atoms with Crippen LogP contribution in [0.25, 0.3) is 5.69 Å². The molecule has 0 radical (unpaired) electrons. The lowest BCUT2D eigenvalue weighted by molar-refractivity contribution is -0.143. The lowest BCUT2D eigenvalue weighted by atomic mass is 10.2. The van der Waals surface area contributed by atoms with E-state index in [1.807, 2.05) is 5.32 Å². The van der Waals surface area contributed by atoms with Crippen molar-refractivity contribution in [3.05, 3.63) is 33.4 Å². The molecule has 2 rings (SSSR count). The molecule has 0 aliphatic heterocycles. The molecule has 1 aromatic heterocycles. The van der Waals surface area contributed by atoms with Crippen LogP contribution in [0.3, 0.4) is 0 Å². The Kier molecular flexibility index (Phi) is 7.59. The van der Waals surface area contributed by atoms with Crippen LogP contribution in [0.15, 0.2) is 17.0 Å². The number of benzene rings is 1. The topological polar surface area (TPSA) is 97.0 Å². The van der Waals surface area contributed by atoms with Gasteiger partial charge in [0, 0.05) is 0 Å². The minimum absolute atomic E-state index is 0.438. The number of rotatable bonds is 5. The molecular weight excluding hydrogens is 513 g/mol. The van der Waals surface area contributed by atoms with E-state index in [4.69, 9.17) is 23.2 Å². The Hall–Kier alpha value is -2.63. The number of carbonyl (C=O) groups excluding carboxylic acids is 2. The van der Waals surface area contributed by atoms with Gasteiger partial charge in [-0.15, -0.1) is 0 Å². The highest BCUT2D eigenvalue weighted by atomic mass is 35.5. The molecular formula is C16H8Cl2F6N4O3S. The maximum atomic E-state index is 13.0. The van der Waals surface area contributed by atoms with E-state index >= 15 is 0 Å². The molecule has 0 unspecified atom stereocenters. The van der Waals surface area contributed by atoms with E-state index in [9.17, 15) is 41.2 Å². The number of thioether (sulfide) groups is 1. The number of halogens is 8. The molecule has 0 fully saturated rings. The molecule has 0 aliphatic rings. The van der Waals surface area contributed by atoms with Crippen molar-refractivity contribution >= 4 is 52.7 Å². The standard InChI is InChI=1S/C16H8Cl2F6N4O3S/c1-31-11(30)4-10(29)26-14-13(32-16(22,23)24)9(5-25)27-28(14)12-7(17)2-6(3-8(12)18)15(19,20)21/h2-3H,4H2,1H3,(H,26,29). The van der Waals surface area contributed by atoms with Crippen LogP contribution in [0.2, 0.25) is 10.0 Å². The molecule has 0 saturated heterocycles. The lowest BCUT2D eigenvalue weighted by Crippen LogP contribution is -2.20. The van der Waals surface area contributed by atoms with Crippen LogP contribution in [-0.4, -0.2) is 34.3 Å². The van der Waals surface area contributed by atoms with Crippen molar-refractivity contribution in [2.45, 2.75) is 23.0 Å². The zero-order valence-corrected chi connectivity index (χ0v) is 17.7. The molecule has 0 aliphatic carbocycles. The summed E-state index contributed by atoms with van der Waals surface area (Å²) in [6, 6.07) is 2.26. The number of carbonyl (C=O) groups is 2. The summed E-state index contributed by atoms with van der Waals surface area (Å²) >= 11 is 10.9. The molecule has 1 heterocycles. The van der Waals surface area contributed by atoms with E-state index in [1.54, 1.807) is 0 Å². The highest BCUT2D eigenvalue weighted by Gasteiger charge is 2.37. The Balaban J connectivity index is 2.74. The van der Waals surface area contributed by atoms with Gasteiger partial charge in [-0.1, -0.05) is 23.2 Å². The van der Waals surface area contributed by atoms with Gasteiger partial charge in [0.1, 0.15) is 18.2 Å². The van der Waals surface area contributed by atoms with E-state index in [-0.39, 0.29) is 0 Å². The summed E-state index contributed by atoms with van der Waals surface area (Å²) in [5.74, 6) is -2.99. The van der Waals surface area contributed by atoms with Crippen LogP contribution in [0.5, 0.6) is 0 Å². The van der Waals surface area contributed by atoms with Crippen LogP contribution < -0.4 is 5.32 Å². The number of nitriles is 1. The van der Waals surface area contributed by atoms with Crippen LogP contribution in [0, 0.1) is 11.3 Å². The predicted molar refractivity (Wildman–Crippen MR) is 100 cm³/mol. The highest BCUT2D eigenvalue weighted by Crippen LogP contribution is 2.45. The summed E-state index contributed by atoms with van der Waals surface area (Å²) in [5, 5.41) is 13.4. The molecule has 1 aromatic carbocycles. The average molecular weight is 521 g/mol. The molecule has 1 amide bonds. The zero-order chi connectivity index (χ0) is 24.4. The summed E-state index contributed by atoms with van der Waals surface area (Å²) < 4.78 is 82.9. The third-order valence-electron chi connectivity index (χ3n) is 3.51. The summed E-state index contributed by atoms with van der Waals surface area (Å²) in [6.45, 7) is 0. The van der Waals surface area contributed by atoms with Gasteiger partial charge < -0.3 is 10.1 Å². The predicted octanol–water partition coefficient (Wildman–Crippen LogP) is 5.18. The number of nitrogens with zero attached hydrogens (tertiary/aromatic N) is 3. The molecule has 0 atom stereocenters. The Morgan fingerprint density at radius 3 is 2.22 bits per heavy atom. The number of ether oxygens (including phenoxy) is 1. The third-order valence-corrected chi connectivity index (χ3v) is 4.91. The summed E-state index contributed by atoms with van der Waals surface area (Å²) in [6.07, 6.45) is -5.77. The zero-order valence-electron chi connectivity index (χ0n) is 15.4. The lowest BCUT2D eigenvalue weighted by Gasteiger charge is -2.15. The van der Waals surface area contributed by atoms with Crippen LogP contribution in [-0.2, 0) is 20.5 Å². The SMILES string of the molecule is COC(=O)CC(=O)Nc1c(SC(F)(F)F)c(C#N)nn1-c1c(Cl)cc(C(F)(F)F)cc1Cl. The van der Waals surface area contributed by atoms with Crippen LogP contribution in [0.1, 0.15) is 17.7 Å². The van der Waals surface area contributed by atoms with Crippen molar-refractivity contribution in [2.24, 2.45) is 0 Å². The minimum atomic E-state index is -4.95. The monoisotopic (exact) mass is 520 g/mol. The molecule has 7 nitrogen and oxygen atoms in total. The molecule has 32 heavy (non-hydrogen) atoms. The van der Waals surface area contributed by atoms with E-state index < -0.39 is 79.4 Å². The van der Waals surface area contributed by atoms with Gasteiger partial charge in [0.15, 0.2) is 11.5 Å². The van der Waals surface area contributed by atoms with Crippen LogP contribution in [0.4, 0.5) is 32.2 Å². The molecule has 0 bridgehead atoms. The summed E-state index contributed by atoms with van der Waals surface area (Å²) in [4.78, 5) is 22.5. The second-order valence-electron chi connectivity index (χ2n) is 5.69. The Morgan fingerprint density at radius 1 is 1.22 bits per heavy atom. The average Bonchev–Trinajstić information content (AvgIpc) is 2.95. The Labute approximate surface area is 189 Å². The minimum Gasteiger partial charge on any atom is -0.469 e. The van der Waals surface area contributed by atoms with E-state index in [2.05, 4.69) is 9.84 Å².